The zero-order chi connectivity index (χ0) is 13.6. The van der Waals surface area contributed by atoms with E-state index in [2.05, 4.69) is 0 Å². The van der Waals surface area contributed by atoms with Crippen LogP contribution >= 0.6 is 0 Å². The molecule has 0 spiro atoms. The van der Waals surface area contributed by atoms with Crippen molar-refractivity contribution in [1.29, 1.82) is 5.26 Å². The van der Waals surface area contributed by atoms with E-state index in [9.17, 15) is 13.5 Å². The van der Waals surface area contributed by atoms with Gasteiger partial charge in [0.1, 0.15) is 0 Å². The lowest BCUT2D eigenvalue weighted by Gasteiger charge is -2.42. The molecule has 0 atom stereocenters. The number of aryl methyl sites for hydroxylation is 1. The molecule has 0 bridgehead atoms. The fourth-order valence-electron chi connectivity index (χ4n) is 1.95. The van der Waals surface area contributed by atoms with Crippen LogP contribution in [-0.2, 0) is 10.0 Å². The van der Waals surface area contributed by atoms with E-state index in [4.69, 9.17) is 5.26 Å². The molecule has 5 nitrogen and oxygen atoms in total. The van der Waals surface area contributed by atoms with Crippen LogP contribution in [0.5, 0.6) is 0 Å². The highest BCUT2D eigenvalue weighted by Gasteiger charge is 2.43. The van der Waals surface area contributed by atoms with Gasteiger partial charge in [-0.05, 0) is 37.6 Å². The molecule has 0 aromatic heterocycles. The summed E-state index contributed by atoms with van der Waals surface area (Å²) in [7, 11) is -3.56. The summed E-state index contributed by atoms with van der Waals surface area (Å²) >= 11 is 0. The van der Waals surface area contributed by atoms with Crippen LogP contribution in [-0.4, -0.2) is 36.5 Å². The highest BCUT2D eigenvalue weighted by atomic mass is 32.2. The van der Waals surface area contributed by atoms with Crippen LogP contribution in [0.15, 0.2) is 23.1 Å². The van der Waals surface area contributed by atoms with E-state index in [0.717, 1.165) is 0 Å². The molecule has 0 amide bonds. The Kier molecular flexibility index (Phi) is 2.93. The fraction of sp³-hybridized carbons (Fsp3) is 0.417. The maximum Gasteiger partial charge on any atom is 0.243 e. The van der Waals surface area contributed by atoms with Crippen molar-refractivity contribution in [2.45, 2.75) is 24.3 Å². The van der Waals surface area contributed by atoms with Crippen molar-refractivity contribution >= 4 is 10.0 Å². The van der Waals surface area contributed by atoms with Crippen LogP contribution in [0.3, 0.4) is 0 Å². The molecule has 0 saturated carbocycles. The summed E-state index contributed by atoms with van der Waals surface area (Å²) in [6, 6.07) is 6.41. The van der Waals surface area contributed by atoms with E-state index in [1.54, 1.807) is 13.8 Å². The molecule has 1 heterocycles. The number of benzene rings is 1. The predicted octanol–water partition coefficient (Wildman–Crippen LogP) is 0.622. The van der Waals surface area contributed by atoms with E-state index >= 15 is 0 Å². The van der Waals surface area contributed by atoms with Gasteiger partial charge in [0, 0.05) is 13.1 Å². The third kappa shape index (κ3) is 2.12. The molecular formula is C12H14N2O3S. The van der Waals surface area contributed by atoms with Crippen molar-refractivity contribution in [2.75, 3.05) is 13.1 Å². The average molecular weight is 266 g/mol. The zero-order valence-electron chi connectivity index (χ0n) is 10.2. The van der Waals surface area contributed by atoms with Crippen LogP contribution in [0, 0.1) is 18.3 Å². The van der Waals surface area contributed by atoms with Crippen molar-refractivity contribution in [2.24, 2.45) is 0 Å². The molecule has 0 unspecified atom stereocenters. The lowest BCUT2D eigenvalue weighted by molar-refractivity contribution is -0.0426. The van der Waals surface area contributed by atoms with Gasteiger partial charge in [-0.2, -0.15) is 9.57 Å². The van der Waals surface area contributed by atoms with Crippen LogP contribution in [0.2, 0.25) is 0 Å². The second-order valence-electron chi connectivity index (χ2n) is 4.86. The van der Waals surface area contributed by atoms with Gasteiger partial charge in [0.2, 0.25) is 10.0 Å². The molecule has 1 saturated heterocycles. The van der Waals surface area contributed by atoms with Gasteiger partial charge in [-0.15, -0.1) is 0 Å². The normalized spacial score (nSPS) is 19.0. The Morgan fingerprint density at radius 1 is 1.44 bits per heavy atom. The minimum absolute atomic E-state index is 0.106. The molecule has 0 radical (unpaired) electrons. The Morgan fingerprint density at radius 2 is 2.06 bits per heavy atom. The van der Waals surface area contributed by atoms with Gasteiger partial charge in [-0.25, -0.2) is 8.42 Å². The zero-order valence-corrected chi connectivity index (χ0v) is 11.0. The van der Waals surface area contributed by atoms with Gasteiger partial charge < -0.3 is 5.11 Å². The second-order valence-corrected chi connectivity index (χ2v) is 6.80. The minimum atomic E-state index is -3.56. The molecule has 0 aliphatic carbocycles. The quantitative estimate of drug-likeness (QED) is 0.851. The SMILES string of the molecule is Cc1cc(S(=O)(=O)N2CC(C)(O)C2)ccc1C#N. The molecule has 2 rings (SSSR count). The Bertz CT molecular complexity index is 621. The van der Waals surface area contributed by atoms with Crippen LogP contribution in [0.4, 0.5) is 0 Å². The number of nitrogens with zero attached hydrogens (tertiary/aromatic N) is 2. The minimum Gasteiger partial charge on any atom is -0.387 e. The summed E-state index contributed by atoms with van der Waals surface area (Å²) in [5.74, 6) is 0. The number of hydrogen-bond acceptors (Lipinski definition) is 4. The Labute approximate surface area is 106 Å². The maximum absolute atomic E-state index is 12.2. The molecule has 1 fully saturated rings. The lowest BCUT2D eigenvalue weighted by atomic mass is 10.0. The molecule has 1 N–H and O–H groups in total. The third-order valence-corrected chi connectivity index (χ3v) is 4.78. The van der Waals surface area contributed by atoms with E-state index in [0.29, 0.717) is 11.1 Å². The van der Waals surface area contributed by atoms with Gasteiger partial charge in [0.15, 0.2) is 0 Å². The Hall–Kier alpha value is -1.42. The van der Waals surface area contributed by atoms with Gasteiger partial charge in [-0.1, -0.05) is 0 Å². The summed E-state index contributed by atoms with van der Waals surface area (Å²) < 4.78 is 25.6. The van der Waals surface area contributed by atoms with Crippen molar-refractivity contribution in [3.8, 4) is 6.07 Å². The summed E-state index contributed by atoms with van der Waals surface area (Å²) in [5.41, 5.74) is 0.157. The first-order valence-corrected chi connectivity index (χ1v) is 6.93. The van der Waals surface area contributed by atoms with Crippen molar-refractivity contribution in [1.82, 2.24) is 4.31 Å². The fourth-order valence-corrected chi connectivity index (χ4v) is 3.71. The van der Waals surface area contributed by atoms with E-state index in [1.807, 2.05) is 6.07 Å². The molecule has 6 heteroatoms. The van der Waals surface area contributed by atoms with Gasteiger partial charge in [-0.3, -0.25) is 0 Å². The number of β-amino-alcohol motifs (C(OH)–C–C–N with tert-alkyl or cyclic N) is 1. The van der Waals surface area contributed by atoms with E-state index in [-0.39, 0.29) is 18.0 Å². The summed E-state index contributed by atoms with van der Waals surface area (Å²) in [4.78, 5) is 0.162. The first-order chi connectivity index (χ1) is 8.26. The van der Waals surface area contributed by atoms with E-state index < -0.39 is 15.6 Å². The summed E-state index contributed by atoms with van der Waals surface area (Å²) in [6.07, 6.45) is 0. The summed E-state index contributed by atoms with van der Waals surface area (Å²) in [5, 5.41) is 18.4. The standard InChI is InChI=1S/C12H14N2O3S/c1-9-5-11(4-3-10(9)6-13)18(16,17)14-7-12(2,15)8-14/h3-5,15H,7-8H2,1-2H3. The largest absolute Gasteiger partial charge is 0.387 e. The van der Waals surface area contributed by atoms with Crippen LogP contribution < -0.4 is 0 Å². The number of hydrogen-bond donors (Lipinski definition) is 1. The van der Waals surface area contributed by atoms with Gasteiger partial charge in [0.25, 0.3) is 0 Å². The third-order valence-electron chi connectivity index (χ3n) is 2.99. The second kappa shape index (κ2) is 4.05. The number of nitriles is 1. The lowest BCUT2D eigenvalue weighted by Crippen LogP contribution is -2.61. The highest BCUT2D eigenvalue weighted by molar-refractivity contribution is 7.89. The first-order valence-electron chi connectivity index (χ1n) is 5.49. The van der Waals surface area contributed by atoms with Crippen LogP contribution in [0.25, 0.3) is 0 Å². The smallest absolute Gasteiger partial charge is 0.243 e. The molecule has 1 aliphatic rings. The van der Waals surface area contributed by atoms with Crippen LogP contribution in [0.1, 0.15) is 18.1 Å². The molecule has 1 aromatic rings. The Morgan fingerprint density at radius 3 is 2.50 bits per heavy atom. The molecule has 96 valence electrons. The first kappa shape index (κ1) is 13.0. The highest BCUT2D eigenvalue weighted by Crippen LogP contribution is 2.28. The van der Waals surface area contributed by atoms with Crippen molar-refractivity contribution in [3.05, 3.63) is 29.3 Å². The monoisotopic (exact) mass is 266 g/mol. The number of rotatable bonds is 2. The maximum atomic E-state index is 12.2. The number of sulfonamides is 1. The molecule has 18 heavy (non-hydrogen) atoms. The Balaban J connectivity index is 2.32. The predicted molar refractivity (Wildman–Crippen MR) is 65.3 cm³/mol. The van der Waals surface area contributed by atoms with E-state index in [1.165, 1.54) is 22.5 Å². The van der Waals surface area contributed by atoms with Crippen molar-refractivity contribution in [3.63, 3.8) is 0 Å². The summed E-state index contributed by atoms with van der Waals surface area (Å²) in [6.45, 7) is 3.51. The van der Waals surface area contributed by atoms with Gasteiger partial charge >= 0.3 is 0 Å². The topological polar surface area (TPSA) is 81.4 Å². The van der Waals surface area contributed by atoms with Crippen molar-refractivity contribution < 1.29 is 13.5 Å². The molecule has 1 aromatic carbocycles. The molecular weight excluding hydrogens is 252 g/mol. The number of aliphatic hydroxyl groups is 1. The molecule has 1 aliphatic heterocycles. The van der Waals surface area contributed by atoms with Gasteiger partial charge in [0.05, 0.1) is 22.1 Å². The average Bonchev–Trinajstić information content (AvgIpc) is 2.25.